The molecule has 0 radical (unpaired) electrons. The standard InChI is InChI=1S/C26H24BrN3O2S/c1-15-9-11-20(16(2)13-15)28-24(31)22-23-19-14-17(27)10-12-21(19)32-26(22,3)30(25(33)29-23)18-7-5-4-6-8-18/h4-14,22-23H,1-3H3,(H,28,31)(H,29,33)/t22-,23+,26-/m0/s1. The Morgan fingerprint density at radius 2 is 1.88 bits per heavy atom. The predicted molar refractivity (Wildman–Crippen MR) is 139 cm³/mol. The molecule has 7 heteroatoms. The van der Waals surface area contributed by atoms with E-state index in [0.717, 1.165) is 38.3 Å². The molecule has 0 aromatic heterocycles. The number of carbonyl (C=O) groups excluding carboxylic acids is 1. The molecule has 3 aromatic carbocycles. The molecule has 2 aliphatic heterocycles. The molecule has 0 spiro atoms. The van der Waals surface area contributed by atoms with E-state index >= 15 is 0 Å². The van der Waals surface area contributed by atoms with Crippen LogP contribution in [0.15, 0.2) is 71.2 Å². The van der Waals surface area contributed by atoms with Crippen LogP contribution in [0.4, 0.5) is 11.4 Å². The number of anilines is 2. The number of fused-ring (bicyclic) bond motifs is 4. The van der Waals surface area contributed by atoms with E-state index in [4.69, 9.17) is 17.0 Å². The highest BCUT2D eigenvalue weighted by atomic mass is 79.9. The van der Waals surface area contributed by atoms with Crippen LogP contribution in [-0.2, 0) is 4.79 Å². The number of nitrogens with one attached hydrogen (secondary N) is 2. The van der Waals surface area contributed by atoms with Crippen LogP contribution in [0.5, 0.6) is 5.75 Å². The molecule has 168 valence electrons. The number of nitrogens with zero attached hydrogens (tertiary/aromatic N) is 1. The van der Waals surface area contributed by atoms with E-state index in [1.807, 2.05) is 86.3 Å². The van der Waals surface area contributed by atoms with Crippen molar-refractivity contribution in [1.29, 1.82) is 0 Å². The van der Waals surface area contributed by atoms with Gasteiger partial charge in [-0.05, 0) is 75.0 Å². The highest BCUT2D eigenvalue weighted by Crippen LogP contribution is 2.50. The van der Waals surface area contributed by atoms with Crippen LogP contribution in [0.1, 0.15) is 29.7 Å². The van der Waals surface area contributed by atoms with Crippen molar-refractivity contribution >= 4 is 50.5 Å². The lowest BCUT2D eigenvalue weighted by Crippen LogP contribution is -2.72. The number of halogens is 1. The number of carbonyl (C=O) groups is 1. The molecule has 0 aliphatic carbocycles. The van der Waals surface area contributed by atoms with Gasteiger partial charge in [0, 0.05) is 21.4 Å². The number of para-hydroxylation sites is 1. The fourth-order valence-corrected chi connectivity index (χ4v) is 5.68. The predicted octanol–water partition coefficient (Wildman–Crippen LogP) is 5.87. The summed E-state index contributed by atoms with van der Waals surface area (Å²) in [6.45, 7) is 5.98. The number of thiocarbonyl (C=S) groups is 1. The molecule has 2 heterocycles. The van der Waals surface area contributed by atoms with Gasteiger partial charge >= 0.3 is 0 Å². The third-order valence-corrected chi connectivity index (χ3v) is 7.19. The summed E-state index contributed by atoms with van der Waals surface area (Å²) in [5.74, 6) is 0.0279. The molecule has 1 saturated heterocycles. The zero-order valence-corrected chi connectivity index (χ0v) is 21.0. The first-order chi connectivity index (χ1) is 15.8. The zero-order valence-electron chi connectivity index (χ0n) is 18.6. The zero-order chi connectivity index (χ0) is 23.3. The van der Waals surface area contributed by atoms with E-state index in [9.17, 15) is 4.79 Å². The Balaban J connectivity index is 1.63. The number of rotatable bonds is 3. The number of hydrogen-bond donors (Lipinski definition) is 2. The van der Waals surface area contributed by atoms with E-state index in [1.165, 1.54) is 0 Å². The van der Waals surface area contributed by atoms with Gasteiger partial charge < -0.3 is 15.4 Å². The molecule has 5 rings (SSSR count). The lowest BCUT2D eigenvalue weighted by atomic mass is 9.78. The van der Waals surface area contributed by atoms with Crippen molar-refractivity contribution in [3.63, 3.8) is 0 Å². The maximum atomic E-state index is 13.9. The molecule has 2 bridgehead atoms. The lowest BCUT2D eigenvalue weighted by molar-refractivity contribution is -0.130. The molecule has 1 fully saturated rings. The Kier molecular flexibility index (Phi) is 5.41. The van der Waals surface area contributed by atoms with Gasteiger partial charge in [0.15, 0.2) is 10.8 Å². The summed E-state index contributed by atoms with van der Waals surface area (Å²) in [5, 5.41) is 7.12. The van der Waals surface area contributed by atoms with Crippen LogP contribution in [0, 0.1) is 19.8 Å². The molecule has 5 nitrogen and oxygen atoms in total. The van der Waals surface area contributed by atoms with Crippen molar-refractivity contribution in [1.82, 2.24) is 5.32 Å². The Labute approximate surface area is 207 Å². The molecule has 2 N–H and O–H groups in total. The van der Waals surface area contributed by atoms with E-state index in [0.29, 0.717) is 5.11 Å². The number of aryl methyl sites for hydroxylation is 2. The number of hydrogen-bond acceptors (Lipinski definition) is 3. The maximum absolute atomic E-state index is 13.9. The second-order valence-electron chi connectivity index (χ2n) is 8.72. The second kappa shape index (κ2) is 8.15. The fraction of sp³-hybridized carbons (Fsp3) is 0.231. The van der Waals surface area contributed by atoms with E-state index in [-0.39, 0.29) is 11.9 Å². The van der Waals surface area contributed by atoms with Gasteiger partial charge in [-0.25, -0.2) is 0 Å². The molecule has 33 heavy (non-hydrogen) atoms. The van der Waals surface area contributed by atoms with Crippen molar-refractivity contribution in [2.24, 2.45) is 5.92 Å². The van der Waals surface area contributed by atoms with Crippen molar-refractivity contribution in [3.8, 4) is 5.75 Å². The van der Waals surface area contributed by atoms with Crippen molar-refractivity contribution in [3.05, 3.63) is 87.9 Å². The number of ether oxygens (including phenoxy) is 1. The summed E-state index contributed by atoms with van der Waals surface area (Å²) < 4.78 is 7.54. The van der Waals surface area contributed by atoms with Gasteiger partial charge in [0.2, 0.25) is 5.91 Å². The lowest BCUT2D eigenvalue weighted by Gasteiger charge is -2.56. The average Bonchev–Trinajstić information content (AvgIpc) is 2.76. The summed E-state index contributed by atoms with van der Waals surface area (Å²) in [7, 11) is 0. The van der Waals surface area contributed by atoms with Crippen LogP contribution in [0.2, 0.25) is 0 Å². The first-order valence-electron chi connectivity index (χ1n) is 10.8. The van der Waals surface area contributed by atoms with Crippen LogP contribution in [0.3, 0.4) is 0 Å². The first-order valence-corrected chi connectivity index (χ1v) is 12.0. The third-order valence-electron chi connectivity index (χ3n) is 6.40. The SMILES string of the molecule is Cc1ccc(NC(=O)[C@@H]2[C@@H]3NC(=S)N(c4ccccc4)[C@@]2(C)Oc2ccc(Br)cc23)c(C)c1. The van der Waals surface area contributed by atoms with Gasteiger partial charge in [0.25, 0.3) is 0 Å². The van der Waals surface area contributed by atoms with E-state index in [1.54, 1.807) is 0 Å². The molecular weight excluding hydrogens is 498 g/mol. The average molecular weight is 522 g/mol. The van der Waals surface area contributed by atoms with Crippen LogP contribution < -0.4 is 20.3 Å². The number of benzene rings is 3. The summed E-state index contributed by atoms with van der Waals surface area (Å²) in [6.07, 6.45) is 0. The second-order valence-corrected chi connectivity index (χ2v) is 10.0. The minimum absolute atomic E-state index is 0.129. The van der Waals surface area contributed by atoms with Gasteiger partial charge in [-0.3, -0.25) is 9.69 Å². The molecule has 2 aliphatic rings. The number of amides is 1. The minimum Gasteiger partial charge on any atom is -0.467 e. The molecule has 3 atom stereocenters. The fourth-order valence-electron chi connectivity index (χ4n) is 4.88. The van der Waals surface area contributed by atoms with E-state index in [2.05, 4.69) is 32.6 Å². The summed E-state index contributed by atoms with van der Waals surface area (Å²) in [6, 6.07) is 21.3. The smallest absolute Gasteiger partial charge is 0.236 e. The maximum Gasteiger partial charge on any atom is 0.236 e. The quantitative estimate of drug-likeness (QED) is 0.422. The molecule has 0 saturated carbocycles. The van der Waals surface area contributed by atoms with Crippen LogP contribution >= 0.6 is 28.1 Å². The largest absolute Gasteiger partial charge is 0.467 e. The van der Waals surface area contributed by atoms with Crippen molar-refractivity contribution in [2.75, 3.05) is 10.2 Å². The molecular formula is C26H24BrN3O2S. The molecule has 0 unspecified atom stereocenters. The third kappa shape index (κ3) is 3.69. The van der Waals surface area contributed by atoms with Crippen LogP contribution in [-0.4, -0.2) is 16.7 Å². The Morgan fingerprint density at radius 1 is 1.12 bits per heavy atom. The van der Waals surface area contributed by atoms with E-state index < -0.39 is 11.6 Å². The normalized spacial score (nSPS) is 23.3. The minimum atomic E-state index is -1.03. The summed E-state index contributed by atoms with van der Waals surface area (Å²) in [4.78, 5) is 15.8. The Hall–Kier alpha value is -2.90. The molecule has 1 amide bonds. The highest BCUT2D eigenvalue weighted by molar-refractivity contribution is 9.10. The summed E-state index contributed by atoms with van der Waals surface area (Å²) in [5.41, 5.74) is 3.69. The monoisotopic (exact) mass is 521 g/mol. The van der Waals surface area contributed by atoms with Gasteiger partial charge in [0.05, 0.1) is 6.04 Å². The van der Waals surface area contributed by atoms with Crippen molar-refractivity contribution < 1.29 is 9.53 Å². The molecule has 3 aromatic rings. The highest BCUT2D eigenvalue weighted by Gasteiger charge is 2.59. The van der Waals surface area contributed by atoms with Gasteiger partial charge in [-0.15, -0.1) is 0 Å². The Bertz CT molecular complexity index is 1270. The van der Waals surface area contributed by atoms with Gasteiger partial charge in [-0.1, -0.05) is 51.8 Å². The van der Waals surface area contributed by atoms with Gasteiger partial charge in [0.1, 0.15) is 11.7 Å². The first kappa shape index (κ1) is 21.9. The van der Waals surface area contributed by atoms with Crippen molar-refractivity contribution in [2.45, 2.75) is 32.5 Å². The Morgan fingerprint density at radius 3 is 2.61 bits per heavy atom. The van der Waals surface area contributed by atoms with Gasteiger partial charge in [-0.2, -0.15) is 0 Å². The van der Waals surface area contributed by atoms with Crippen LogP contribution in [0.25, 0.3) is 0 Å². The summed E-state index contributed by atoms with van der Waals surface area (Å²) >= 11 is 9.35. The topological polar surface area (TPSA) is 53.6 Å².